The summed E-state index contributed by atoms with van der Waals surface area (Å²) in [7, 11) is 0. The Kier molecular flexibility index (Phi) is 14.6. The second-order valence-electron chi connectivity index (χ2n) is 16.4. The highest BCUT2D eigenvalue weighted by Gasteiger charge is 2.56. The highest BCUT2D eigenvalue weighted by atomic mass is 16.5. The van der Waals surface area contributed by atoms with E-state index in [0.29, 0.717) is 19.8 Å². The van der Waals surface area contributed by atoms with Crippen LogP contribution in [-0.4, -0.2) is 99.3 Å². The third-order valence-corrected chi connectivity index (χ3v) is 11.3. The lowest BCUT2D eigenvalue weighted by atomic mass is 9.67. The first-order valence-corrected chi connectivity index (χ1v) is 20.3. The van der Waals surface area contributed by atoms with Crippen molar-refractivity contribution in [2.75, 3.05) is 83.6 Å². The van der Waals surface area contributed by atoms with Gasteiger partial charge in [-0.1, -0.05) is 113 Å². The molecular weight excluding hydrogens is 657 g/mol. The molecule has 3 aromatic carbocycles. The van der Waals surface area contributed by atoms with E-state index in [1.54, 1.807) is 0 Å². The normalized spacial score (nSPS) is 14.5. The van der Waals surface area contributed by atoms with E-state index in [1.165, 1.54) is 0 Å². The van der Waals surface area contributed by atoms with Crippen molar-refractivity contribution in [3.63, 3.8) is 0 Å². The summed E-state index contributed by atoms with van der Waals surface area (Å²) in [5.74, 6) is 1.54. The Morgan fingerprint density at radius 1 is 0.566 bits per heavy atom. The lowest BCUT2D eigenvalue weighted by Crippen LogP contribution is -2.45. The van der Waals surface area contributed by atoms with E-state index < -0.39 is 5.41 Å². The summed E-state index contributed by atoms with van der Waals surface area (Å²) >= 11 is 0. The average Bonchev–Trinajstić information content (AvgIpc) is 3.39. The van der Waals surface area contributed by atoms with Crippen LogP contribution in [0.1, 0.15) is 111 Å². The van der Waals surface area contributed by atoms with E-state index in [9.17, 15) is 0 Å². The number of likely N-dealkylation sites (N-methyl/N-ethyl adjacent to an activating group) is 3. The largest absolute Gasteiger partial charge is 0.492 e. The summed E-state index contributed by atoms with van der Waals surface area (Å²) in [4.78, 5) is 25.2. The number of carbonyl (C=O) groups excluding carboxylic acids is 1. The van der Waals surface area contributed by atoms with Crippen molar-refractivity contribution in [1.82, 2.24) is 14.7 Å². The van der Waals surface area contributed by atoms with E-state index in [1.807, 2.05) is 4.90 Å². The van der Waals surface area contributed by atoms with Gasteiger partial charge in [0.1, 0.15) is 30.1 Å². The number of carbonyl (C=O) groups is 1. The zero-order chi connectivity index (χ0) is 39.0. The molecule has 0 radical (unpaired) electrons. The molecule has 0 unspecified atom stereocenters. The molecule has 1 aliphatic rings. The molecule has 53 heavy (non-hydrogen) atoms. The minimum atomic E-state index is -1.21. The highest BCUT2D eigenvalue weighted by molar-refractivity contribution is 6.13. The predicted octanol–water partition coefficient (Wildman–Crippen LogP) is 8.75. The fraction of sp³-hybridized carbons (Fsp3) is 0.587. The molecule has 0 N–H and O–H groups in total. The predicted molar refractivity (Wildman–Crippen MR) is 223 cm³/mol. The van der Waals surface area contributed by atoms with Gasteiger partial charge in [0.05, 0.1) is 0 Å². The standard InChI is InChI=1S/C46H70N4O3/c1-13-47(14-2)27-28-50-40-22-20-19-21-37(40)46(43(50)51,38-33-35(44(7,8)9)23-25-41(38)52-31-29-48(15-3)16-4)39-34-36(45(10,11)12)24-26-42(39)53-32-30-49(17-5)18-6/h19-26,33-34H,13-18,27-32H2,1-12H3. The Hall–Kier alpha value is -3.39. The van der Waals surface area contributed by atoms with E-state index in [-0.39, 0.29) is 16.7 Å². The molecule has 0 bridgehead atoms. The molecule has 0 saturated heterocycles. The maximum absolute atomic E-state index is 16.0. The lowest BCUT2D eigenvalue weighted by molar-refractivity contribution is -0.120. The van der Waals surface area contributed by atoms with Crippen LogP contribution < -0.4 is 14.4 Å². The Balaban J connectivity index is 2.10. The van der Waals surface area contributed by atoms with Gasteiger partial charge in [-0.15, -0.1) is 0 Å². The van der Waals surface area contributed by atoms with Gasteiger partial charge in [0, 0.05) is 48.6 Å². The maximum atomic E-state index is 16.0. The van der Waals surface area contributed by atoms with Crippen LogP contribution in [0.4, 0.5) is 5.69 Å². The molecule has 0 aliphatic carbocycles. The summed E-state index contributed by atoms with van der Waals surface area (Å²) in [5, 5.41) is 0. The van der Waals surface area contributed by atoms with E-state index in [4.69, 9.17) is 9.47 Å². The molecule has 0 aromatic heterocycles. The molecule has 1 heterocycles. The smallest absolute Gasteiger partial charge is 0.247 e. The molecule has 1 aliphatic heterocycles. The van der Waals surface area contributed by atoms with Crippen LogP contribution in [-0.2, 0) is 21.0 Å². The lowest BCUT2D eigenvalue weighted by Gasteiger charge is -2.36. The van der Waals surface area contributed by atoms with Crippen molar-refractivity contribution in [3.8, 4) is 11.5 Å². The number of ether oxygens (including phenoxy) is 2. The molecule has 0 spiro atoms. The molecule has 1 amide bonds. The molecule has 0 atom stereocenters. The van der Waals surface area contributed by atoms with E-state index in [2.05, 4.69) is 158 Å². The van der Waals surface area contributed by atoms with Gasteiger partial charge in [0.15, 0.2) is 0 Å². The maximum Gasteiger partial charge on any atom is 0.247 e. The van der Waals surface area contributed by atoms with Gasteiger partial charge in [0.25, 0.3) is 0 Å². The SMILES string of the molecule is CCN(CC)CCOc1ccc(C(C)(C)C)cc1C1(c2cc(C(C)(C)C)ccc2OCCN(CC)CC)C(=O)N(CCN(CC)CC)c2ccccc21. The third-order valence-electron chi connectivity index (χ3n) is 11.3. The first-order valence-electron chi connectivity index (χ1n) is 20.3. The van der Waals surface area contributed by atoms with Crippen molar-refractivity contribution >= 4 is 11.6 Å². The van der Waals surface area contributed by atoms with Gasteiger partial charge in [-0.25, -0.2) is 0 Å². The highest BCUT2D eigenvalue weighted by Crippen LogP contribution is 2.55. The monoisotopic (exact) mass is 727 g/mol. The van der Waals surface area contributed by atoms with Gasteiger partial charge in [-0.05, 0) is 91.6 Å². The molecule has 3 aromatic rings. The molecule has 0 fully saturated rings. The van der Waals surface area contributed by atoms with Crippen LogP contribution >= 0.6 is 0 Å². The Labute approximate surface area is 322 Å². The van der Waals surface area contributed by atoms with E-state index in [0.717, 1.165) is 104 Å². The number of benzene rings is 3. The fourth-order valence-corrected chi connectivity index (χ4v) is 7.60. The fourth-order valence-electron chi connectivity index (χ4n) is 7.60. The van der Waals surface area contributed by atoms with E-state index >= 15 is 4.79 Å². The zero-order valence-corrected chi connectivity index (χ0v) is 35.3. The number of hydrogen-bond donors (Lipinski definition) is 0. The Morgan fingerprint density at radius 3 is 1.40 bits per heavy atom. The summed E-state index contributed by atoms with van der Waals surface area (Å²) in [6.45, 7) is 36.3. The number of fused-ring (bicyclic) bond motifs is 1. The Morgan fingerprint density at radius 2 is 0.981 bits per heavy atom. The topological polar surface area (TPSA) is 48.5 Å². The number of anilines is 1. The molecule has 4 rings (SSSR count). The summed E-state index contributed by atoms with van der Waals surface area (Å²) in [6.07, 6.45) is 0. The zero-order valence-electron chi connectivity index (χ0n) is 35.3. The van der Waals surface area contributed by atoms with Gasteiger partial charge in [-0.2, -0.15) is 0 Å². The molecular formula is C46H70N4O3. The number of rotatable bonds is 19. The van der Waals surface area contributed by atoms with Crippen molar-refractivity contribution in [2.24, 2.45) is 0 Å². The van der Waals surface area contributed by atoms with Gasteiger partial charge in [0.2, 0.25) is 5.91 Å². The van der Waals surface area contributed by atoms with Crippen molar-refractivity contribution < 1.29 is 14.3 Å². The van der Waals surface area contributed by atoms with Crippen LogP contribution in [0.3, 0.4) is 0 Å². The quantitative estimate of drug-likeness (QED) is 0.123. The van der Waals surface area contributed by atoms with Crippen LogP contribution in [0.5, 0.6) is 11.5 Å². The average molecular weight is 727 g/mol. The molecule has 292 valence electrons. The first-order chi connectivity index (χ1) is 25.2. The van der Waals surface area contributed by atoms with Crippen molar-refractivity contribution in [3.05, 3.63) is 88.5 Å². The number of para-hydroxylation sites is 1. The number of nitrogens with zero attached hydrogens (tertiary/aromatic N) is 4. The summed E-state index contributed by atoms with van der Waals surface area (Å²) in [5.41, 5.74) is 4.48. The van der Waals surface area contributed by atoms with Crippen LogP contribution in [0.15, 0.2) is 60.7 Å². The summed E-state index contributed by atoms with van der Waals surface area (Å²) < 4.78 is 13.7. The van der Waals surface area contributed by atoms with Crippen molar-refractivity contribution in [2.45, 2.75) is 99.3 Å². The minimum absolute atomic E-state index is 0.0464. The van der Waals surface area contributed by atoms with Crippen molar-refractivity contribution in [1.29, 1.82) is 0 Å². The number of amides is 1. The van der Waals surface area contributed by atoms with Crippen LogP contribution in [0, 0.1) is 0 Å². The third kappa shape index (κ3) is 9.29. The molecule has 7 nitrogen and oxygen atoms in total. The van der Waals surface area contributed by atoms with Crippen LogP contribution in [0.2, 0.25) is 0 Å². The van der Waals surface area contributed by atoms with Gasteiger partial charge < -0.3 is 29.1 Å². The Bertz CT molecular complexity index is 1550. The first kappa shape index (κ1) is 42.4. The second kappa shape index (κ2) is 18.3. The minimum Gasteiger partial charge on any atom is -0.492 e. The second-order valence-corrected chi connectivity index (χ2v) is 16.4. The molecule has 0 saturated carbocycles. The van der Waals surface area contributed by atoms with Crippen LogP contribution in [0.25, 0.3) is 0 Å². The van der Waals surface area contributed by atoms with Gasteiger partial charge in [-0.3, -0.25) is 4.79 Å². The van der Waals surface area contributed by atoms with Gasteiger partial charge >= 0.3 is 0 Å². The summed E-state index contributed by atoms with van der Waals surface area (Å²) in [6, 6.07) is 21.5. The molecule has 7 heteroatoms. The number of hydrogen-bond acceptors (Lipinski definition) is 6.